The van der Waals surface area contributed by atoms with Crippen LogP contribution in [0.2, 0.25) is 0 Å². The fourth-order valence-electron chi connectivity index (χ4n) is 3.84. The van der Waals surface area contributed by atoms with Gasteiger partial charge in [-0.25, -0.2) is 0 Å². The number of hydrogen-bond acceptors (Lipinski definition) is 6. The highest BCUT2D eigenvalue weighted by atomic mass is 32.2. The van der Waals surface area contributed by atoms with Crippen molar-refractivity contribution >= 4 is 62.4 Å². The van der Waals surface area contributed by atoms with Crippen LogP contribution in [0.25, 0.3) is 16.8 Å². The van der Waals surface area contributed by atoms with Crippen LogP contribution in [-0.4, -0.2) is 15.2 Å². The van der Waals surface area contributed by atoms with Gasteiger partial charge in [-0.1, -0.05) is 78.6 Å². The average Bonchev–Trinajstić information content (AvgIpc) is 3.15. The largest absolute Gasteiger partial charge is 0.489 e. The number of nitro benzene ring substituents is 1. The number of hydrogen-bond donors (Lipinski definition) is 0. The number of anilines is 1. The Morgan fingerprint density at radius 3 is 2.51 bits per heavy atom. The molecular formula is C27H18N2O4S2. The fourth-order valence-corrected chi connectivity index (χ4v) is 5.14. The molecule has 0 aromatic heterocycles. The van der Waals surface area contributed by atoms with Crippen LogP contribution in [0.15, 0.2) is 95.9 Å². The molecule has 0 radical (unpaired) electrons. The second-order valence-corrected chi connectivity index (χ2v) is 9.47. The van der Waals surface area contributed by atoms with Crippen molar-refractivity contribution in [3.8, 4) is 5.75 Å². The summed E-state index contributed by atoms with van der Waals surface area (Å²) >= 11 is 6.60. The number of carbonyl (C=O) groups excluding carboxylic acids is 1. The quantitative estimate of drug-likeness (QED) is 0.127. The molecule has 4 aromatic carbocycles. The van der Waals surface area contributed by atoms with E-state index in [1.807, 2.05) is 42.5 Å². The van der Waals surface area contributed by atoms with Gasteiger partial charge in [-0.05, 0) is 52.2 Å². The standard InChI is InChI=1S/C27H18N2O4S2/c30-26-25(35-27(34)28(26)21-11-13-22(14-12-21)29(31)32)16-18-5-3-9-23(15-18)33-17-20-8-4-7-19-6-1-2-10-24(19)20/h1-16H,17H2/b25-16+. The number of thiocarbonyl (C=S) groups is 1. The first-order valence-corrected chi connectivity index (χ1v) is 11.9. The number of non-ortho nitro benzene ring substituents is 1. The molecule has 0 N–H and O–H groups in total. The maximum atomic E-state index is 13.0. The van der Waals surface area contributed by atoms with Crippen molar-refractivity contribution in [2.24, 2.45) is 0 Å². The molecule has 1 fully saturated rings. The van der Waals surface area contributed by atoms with E-state index >= 15 is 0 Å². The Morgan fingerprint density at radius 1 is 0.971 bits per heavy atom. The Balaban J connectivity index is 1.33. The van der Waals surface area contributed by atoms with Crippen LogP contribution in [0.4, 0.5) is 11.4 Å². The van der Waals surface area contributed by atoms with E-state index in [9.17, 15) is 14.9 Å². The van der Waals surface area contributed by atoms with Gasteiger partial charge in [-0.15, -0.1) is 0 Å². The Kier molecular flexibility index (Phi) is 6.31. The summed E-state index contributed by atoms with van der Waals surface area (Å²) in [6.45, 7) is 0.424. The summed E-state index contributed by atoms with van der Waals surface area (Å²) in [4.78, 5) is 25.3. The smallest absolute Gasteiger partial charge is 0.270 e. The first-order chi connectivity index (χ1) is 17.0. The van der Waals surface area contributed by atoms with Crippen molar-refractivity contribution in [2.75, 3.05) is 4.90 Å². The van der Waals surface area contributed by atoms with Gasteiger partial charge in [0.25, 0.3) is 11.6 Å². The summed E-state index contributed by atoms with van der Waals surface area (Å²) in [5.41, 5.74) is 2.35. The van der Waals surface area contributed by atoms with E-state index in [4.69, 9.17) is 17.0 Å². The average molecular weight is 499 g/mol. The van der Waals surface area contributed by atoms with Gasteiger partial charge in [0.1, 0.15) is 12.4 Å². The number of nitrogens with zero attached hydrogens (tertiary/aromatic N) is 2. The Hall–Kier alpha value is -4.01. The third kappa shape index (κ3) is 4.80. The molecule has 35 heavy (non-hydrogen) atoms. The number of rotatable bonds is 6. The Morgan fingerprint density at radius 2 is 1.71 bits per heavy atom. The lowest BCUT2D eigenvalue weighted by molar-refractivity contribution is -0.384. The fraction of sp³-hybridized carbons (Fsp3) is 0.0370. The lowest BCUT2D eigenvalue weighted by Crippen LogP contribution is -2.27. The minimum Gasteiger partial charge on any atom is -0.489 e. The highest BCUT2D eigenvalue weighted by Crippen LogP contribution is 2.36. The van der Waals surface area contributed by atoms with Crippen molar-refractivity contribution in [2.45, 2.75) is 6.61 Å². The maximum absolute atomic E-state index is 13.0. The van der Waals surface area contributed by atoms with E-state index < -0.39 is 4.92 Å². The summed E-state index contributed by atoms with van der Waals surface area (Å²) in [5.74, 6) is 0.425. The van der Waals surface area contributed by atoms with E-state index in [0.717, 1.165) is 21.9 Å². The van der Waals surface area contributed by atoms with Crippen LogP contribution in [0.1, 0.15) is 11.1 Å². The molecular weight excluding hydrogens is 480 g/mol. The number of carbonyl (C=O) groups is 1. The van der Waals surface area contributed by atoms with Gasteiger partial charge < -0.3 is 4.74 Å². The molecule has 1 saturated heterocycles. The summed E-state index contributed by atoms with van der Waals surface area (Å²) in [7, 11) is 0. The number of benzene rings is 4. The molecule has 0 aliphatic carbocycles. The van der Waals surface area contributed by atoms with Gasteiger partial charge in [0, 0.05) is 12.1 Å². The molecule has 172 valence electrons. The molecule has 0 bridgehead atoms. The van der Waals surface area contributed by atoms with Crippen LogP contribution in [-0.2, 0) is 11.4 Å². The number of amides is 1. The first-order valence-electron chi connectivity index (χ1n) is 10.7. The minimum absolute atomic E-state index is 0.0463. The van der Waals surface area contributed by atoms with Crippen LogP contribution in [0.3, 0.4) is 0 Å². The third-order valence-electron chi connectivity index (χ3n) is 5.54. The normalized spacial score (nSPS) is 14.6. The van der Waals surface area contributed by atoms with Gasteiger partial charge in [-0.3, -0.25) is 19.8 Å². The zero-order valence-electron chi connectivity index (χ0n) is 18.3. The number of fused-ring (bicyclic) bond motifs is 1. The first kappa shape index (κ1) is 22.8. The van der Waals surface area contributed by atoms with Crippen LogP contribution in [0, 0.1) is 10.1 Å². The van der Waals surface area contributed by atoms with Gasteiger partial charge in [0.05, 0.1) is 15.5 Å². The molecule has 1 heterocycles. The van der Waals surface area contributed by atoms with Crippen LogP contribution < -0.4 is 9.64 Å². The number of ether oxygens (including phenoxy) is 1. The molecule has 1 amide bonds. The van der Waals surface area contributed by atoms with Gasteiger partial charge in [0.2, 0.25) is 0 Å². The summed E-state index contributed by atoms with van der Waals surface area (Å²) in [6, 6.07) is 27.6. The Labute approximate surface area is 211 Å². The molecule has 0 unspecified atom stereocenters. The predicted octanol–water partition coefficient (Wildman–Crippen LogP) is 6.73. The summed E-state index contributed by atoms with van der Waals surface area (Å²) in [6.07, 6.45) is 1.77. The molecule has 5 rings (SSSR count). The molecule has 1 aliphatic rings. The molecule has 1 aliphatic heterocycles. The van der Waals surface area contributed by atoms with Gasteiger partial charge >= 0.3 is 0 Å². The van der Waals surface area contributed by atoms with E-state index in [-0.39, 0.29) is 11.6 Å². The van der Waals surface area contributed by atoms with Crippen molar-refractivity contribution in [3.63, 3.8) is 0 Å². The zero-order chi connectivity index (χ0) is 24.4. The topological polar surface area (TPSA) is 72.7 Å². The number of nitro groups is 1. The van der Waals surface area contributed by atoms with Crippen molar-refractivity contribution in [1.29, 1.82) is 0 Å². The van der Waals surface area contributed by atoms with Crippen molar-refractivity contribution in [3.05, 3.63) is 117 Å². The van der Waals surface area contributed by atoms with Gasteiger partial charge in [0.15, 0.2) is 4.32 Å². The number of thioether (sulfide) groups is 1. The minimum atomic E-state index is -0.483. The van der Waals surface area contributed by atoms with E-state index in [0.29, 0.717) is 27.3 Å². The van der Waals surface area contributed by atoms with Crippen LogP contribution in [0.5, 0.6) is 5.75 Å². The highest BCUT2D eigenvalue weighted by molar-refractivity contribution is 8.27. The van der Waals surface area contributed by atoms with E-state index in [1.165, 1.54) is 40.9 Å². The second-order valence-electron chi connectivity index (χ2n) is 7.79. The van der Waals surface area contributed by atoms with Crippen molar-refractivity contribution in [1.82, 2.24) is 0 Å². The van der Waals surface area contributed by atoms with E-state index in [1.54, 1.807) is 6.08 Å². The molecule has 4 aromatic rings. The lowest BCUT2D eigenvalue weighted by Gasteiger charge is -2.14. The third-order valence-corrected chi connectivity index (χ3v) is 6.84. The molecule has 0 saturated carbocycles. The SMILES string of the molecule is O=C1/C(=C\c2cccc(OCc3cccc4ccccc34)c2)SC(=S)N1c1ccc([N+](=O)[O-])cc1. The summed E-state index contributed by atoms with van der Waals surface area (Å²) < 4.78 is 6.44. The second kappa shape index (κ2) is 9.69. The van der Waals surface area contributed by atoms with E-state index in [2.05, 4.69) is 24.3 Å². The summed E-state index contributed by atoms with van der Waals surface area (Å²) in [5, 5.41) is 13.2. The van der Waals surface area contributed by atoms with Crippen LogP contribution >= 0.6 is 24.0 Å². The Bertz CT molecular complexity index is 1490. The molecule has 8 heteroatoms. The van der Waals surface area contributed by atoms with Gasteiger partial charge in [-0.2, -0.15) is 0 Å². The predicted molar refractivity (Wildman–Crippen MR) is 143 cm³/mol. The molecule has 0 spiro atoms. The molecule has 6 nitrogen and oxygen atoms in total. The van der Waals surface area contributed by atoms with Crippen molar-refractivity contribution < 1.29 is 14.5 Å². The lowest BCUT2D eigenvalue weighted by atomic mass is 10.1. The monoisotopic (exact) mass is 498 g/mol. The highest BCUT2D eigenvalue weighted by Gasteiger charge is 2.33. The molecule has 0 atom stereocenters. The maximum Gasteiger partial charge on any atom is 0.270 e. The zero-order valence-corrected chi connectivity index (χ0v) is 19.9.